The van der Waals surface area contributed by atoms with Gasteiger partial charge in [-0.3, -0.25) is 9.13 Å². The van der Waals surface area contributed by atoms with Gasteiger partial charge in [0.2, 0.25) is 0 Å². The zero-order chi connectivity index (χ0) is 15.7. The molecule has 3 heterocycles. The maximum Gasteiger partial charge on any atom is 0.405 e. The molecule has 0 aromatic carbocycles. The number of nitrogens with two attached hydrogens (primary N) is 1. The van der Waals surface area contributed by atoms with Crippen molar-refractivity contribution in [1.29, 1.82) is 0 Å². The number of thiol groups is 1. The lowest BCUT2D eigenvalue weighted by Crippen LogP contribution is -2.15. The molecule has 0 aliphatic carbocycles. The van der Waals surface area contributed by atoms with E-state index in [1.807, 2.05) is 0 Å². The van der Waals surface area contributed by atoms with Gasteiger partial charge in [-0.1, -0.05) is 12.2 Å². The number of nitroso groups, excluding NO2 is 1. The lowest BCUT2D eigenvalue weighted by atomic mass is 10.2. The van der Waals surface area contributed by atoms with Crippen LogP contribution in [0.25, 0.3) is 11.2 Å². The van der Waals surface area contributed by atoms with Crippen LogP contribution in [0.3, 0.4) is 0 Å². The Balaban J connectivity index is 1.71. The minimum atomic E-state index is -3.72. The molecule has 22 heavy (non-hydrogen) atoms. The molecule has 118 valence electrons. The Morgan fingerprint density at radius 3 is 3.09 bits per heavy atom. The zero-order valence-electron chi connectivity index (χ0n) is 11.3. The van der Waals surface area contributed by atoms with Gasteiger partial charge in [-0.25, -0.2) is 15.0 Å². The van der Waals surface area contributed by atoms with Crippen molar-refractivity contribution < 1.29 is 13.8 Å². The van der Waals surface area contributed by atoms with Gasteiger partial charge in [0.1, 0.15) is 18.1 Å². The summed E-state index contributed by atoms with van der Waals surface area (Å²) in [4.78, 5) is 24.8. The number of imidazole rings is 1. The molecule has 1 saturated heterocycles. The topological polar surface area (TPSA) is 135 Å². The van der Waals surface area contributed by atoms with Crippen molar-refractivity contribution in [2.24, 2.45) is 4.95 Å². The molecule has 3 rings (SSSR count). The Kier molecular flexibility index (Phi) is 4.13. The minimum Gasteiger partial charge on any atom is -0.382 e. The number of rotatable bonds is 5. The first-order valence-corrected chi connectivity index (χ1v) is 9.14. The lowest BCUT2D eigenvalue weighted by molar-refractivity contribution is -0.0149. The molecule has 2 aromatic heterocycles. The molecule has 1 fully saturated rings. The molecule has 0 spiro atoms. The highest BCUT2D eigenvalue weighted by atomic mass is 32.7. The van der Waals surface area contributed by atoms with Crippen molar-refractivity contribution >= 4 is 36.0 Å². The van der Waals surface area contributed by atoms with Crippen LogP contribution < -0.4 is 5.73 Å². The van der Waals surface area contributed by atoms with Crippen molar-refractivity contribution in [1.82, 2.24) is 19.5 Å². The van der Waals surface area contributed by atoms with Crippen LogP contribution in [0.2, 0.25) is 0 Å². The van der Waals surface area contributed by atoms with E-state index in [1.54, 1.807) is 10.9 Å². The first-order valence-electron chi connectivity index (χ1n) is 6.41. The van der Waals surface area contributed by atoms with E-state index in [9.17, 15) is 9.47 Å². The highest BCUT2D eigenvalue weighted by Gasteiger charge is 2.30. The van der Waals surface area contributed by atoms with Gasteiger partial charge in [0.25, 0.3) is 0 Å². The Morgan fingerprint density at radius 2 is 2.32 bits per heavy atom. The molecular formula is C10H13N6O4PS. The third-order valence-corrected chi connectivity index (χ3v) is 4.57. The average Bonchev–Trinajstić information content (AvgIpc) is 3.12. The SMILES string of the molecule is Nc1ncnc2c1ncn2[C@H]1CC[C@@H](COP(=O)(S)N=O)O1. The van der Waals surface area contributed by atoms with Gasteiger partial charge < -0.3 is 15.0 Å². The first-order chi connectivity index (χ1) is 10.5. The van der Waals surface area contributed by atoms with E-state index in [2.05, 4.69) is 32.1 Å². The van der Waals surface area contributed by atoms with Crippen LogP contribution in [-0.4, -0.2) is 32.2 Å². The van der Waals surface area contributed by atoms with Crippen molar-refractivity contribution in [3.05, 3.63) is 17.6 Å². The standard InChI is InChI=1S/C10H13N6O4PS/c11-9-8-10(13-4-12-9)16(5-14-8)7-2-1-6(20-7)3-19-21(18,22)15-17/h4-7H,1-3H2,(H,18,22)(H2,11,12,13)/t6-,7+,21?/m0/s1. The number of hydrogen-bond donors (Lipinski definition) is 2. The van der Waals surface area contributed by atoms with E-state index in [0.717, 1.165) is 0 Å². The van der Waals surface area contributed by atoms with Crippen LogP contribution in [0.1, 0.15) is 19.1 Å². The molecule has 1 aliphatic rings. The quantitative estimate of drug-likeness (QED) is 0.477. The van der Waals surface area contributed by atoms with Crippen molar-refractivity contribution in [2.45, 2.75) is 25.2 Å². The smallest absolute Gasteiger partial charge is 0.382 e. The van der Waals surface area contributed by atoms with Gasteiger partial charge in [-0.05, 0) is 12.8 Å². The summed E-state index contributed by atoms with van der Waals surface area (Å²) < 4.78 is 23.8. The van der Waals surface area contributed by atoms with Crippen LogP contribution in [0.4, 0.5) is 5.82 Å². The normalized spacial score (nSPS) is 24.4. The van der Waals surface area contributed by atoms with E-state index >= 15 is 0 Å². The fourth-order valence-electron chi connectivity index (χ4n) is 2.30. The highest BCUT2D eigenvalue weighted by Crippen LogP contribution is 2.53. The third-order valence-electron chi connectivity index (χ3n) is 3.31. The molecule has 1 unspecified atom stereocenters. The largest absolute Gasteiger partial charge is 0.405 e. The molecule has 0 amide bonds. The summed E-state index contributed by atoms with van der Waals surface area (Å²) in [6.45, 7) is -3.74. The van der Waals surface area contributed by atoms with Gasteiger partial charge in [0, 0.05) is 4.95 Å². The van der Waals surface area contributed by atoms with E-state index < -0.39 is 6.72 Å². The van der Waals surface area contributed by atoms with E-state index in [0.29, 0.717) is 29.8 Å². The Morgan fingerprint density at radius 1 is 1.50 bits per heavy atom. The van der Waals surface area contributed by atoms with E-state index in [4.69, 9.17) is 15.0 Å². The Labute approximate surface area is 130 Å². The fraction of sp³-hybridized carbons (Fsp3) is 0.500. The summed E-state index contributed by atoms with van der Waals surface area (Å²) >= 11 is 3.55. The van der Waals surface area contributed by atoms with Gasteiger partial charge in [-0.15, -0.1) is 4.91 Å². The van der Waals surface area contributed by atoms with Crippen LogP contribution >= 0.6 is 19.0 Å². The summed E-state index contributed by atoms with van der Waals surface area (Å²) in [7, 11) is 0. The second kappa shape index (κ2) is 5.92. The molecule has 12 heteroatoms. The second-order valence-electron chi connectivity index (χ2n) is 4.74. The number of ether oxygens (including phenoxy) is 1. The van der Waals surface area contributed by atoms with Gasteiger partial charge in [-0.2, -0.15) is 0 Å². The van der Waals surface area contributed by atoms with Gasteiger partial charge in [0.05, 0.1) is 19.0 Å². The summed E-state index contributed by atoms with van der Waals surface area (Å²) in [6, 6.07) is 0. The molecule has 2 N–H and O–H groups in total. The number of aromatic nitrogens is 4. The number of hydrogen-bond acceptors (Lipinski definition) is 8. The van der Waals surface area contributed by atoms with Crippen LogP contribution in [-0.2, 0) is 13.8 Å². The average molecular weight is 344 g/mol. The summed E-state index contributed by atoms with van der Waals surface area (Å²) in [5.74, 6) is 0.301. The summed E-state index contributed by atoms with van der Waals surface area (Å²) in [5, 5.41) is 0. The predicted octanol–water partition coefficient (Wildman–Crippen LogP) is 1.91. The first kappa shape index (κ1) is 15.3. The third kappa shape index (κ3) is 2.98. The number of fused-ring (bicyclic) bond motifs is 1. The number of nitrogen functional groups attached to an aromatic ring is 1. The van der Waals surface area contributed by atoms with Crippen LogP contribution in [0.15, 0.2) is 17.6 Å². The molecule has 0 saturated carbocycles. The Hall–Kier alpha value is -1.55. The van der Waals surface area contributed by atoms with Crippen LogP contribution in [0, 0.1) is 4.91 Å². The van der Waals surface area contributed by atoms with Crippen molar-refractivity contribution in [2.75, 3.05) is 12.3 Å². The minimum absolute atomic E-state index is 0.0211. The summed E-state index contributed by atoms with van der Waals surface area (Å²) in [6.07, 6.45) is 3.69. The molecule has 3 atom stereocenters. The van der Waals surface area contributed by atoms with Gasteiger partial charge >= 0.3 is 6.72 Å². The lowest BCUT2D eigenvalue weighted by Gasteiger charge is -2.15. The monoisotopic (exact) mass is 344 g/mol. The molecule has 0 bridgehead atoms. The molecular weight excluding hydrogens is 331 g/mol. The Bertz CT molecular complexity index is 754. The number of anilines is 1. The van der Waals surface area contributed by atoms with Gasteiger partial charge in [0.15, 0.2) is 11.5 Å². The maximum atomic E-state index is 11.3. The number of nitrogens with zero attached hydrogens (tertiary/aromatic N) is 5. The molecule has 10 nitrogen and oxygen atoms in total. The second-order valence-corrected chi connectivity index (χ2v) is 7.66. The predicted molar refractivity (Wildman–Crippen MR) is 81.2 cm³/mol. The maximum absolute atomic E-state index is 11.3. The van der Waals surface area contributed by atoms with Crippen LogP contribution in [0.5, 0.6) is 0 Å². The van der Waals surface area contributed by atoms with E-state index in [-0.39, 0.29) is 18.9 Å². The zero-order valence-corrected chi connectivity index (χ0v) is 13.1. The molecule has 1 aliphatic heterocycles. The van der Waals surface area contributed by atoms with Crippen molar-refractivity contribution in [3.8, 4) is 0 Å². The van der Waals surface area contributed by atoms with Crippen molar-refractivity contribution in [3.63, 3.8) is 0 Å². The fourth-order valence-corrected chi connectivity index (χ4v) is 2.91. The molecule has 2 aromatic rings. The van der Waals surface area contributed by atoms with E-state index in [1.165, 1.54) is 6.33 Å². The highest BCUT2D eigenvalue weighted by molar-refractivity contribution is 8.45. The molecule has 0 radical (unpaired) electrons. The summed E-state index contributed by atoms with van der Waals surface area (Å²) in [5.41, 5.74) is 6.83.